The Morgan fingerprint density at radius 3 is 2.85 bits per heavy atom. The zero-order valence-corrected chi connectivity index (χ0v) is 15.0. The number of rotatable bonds is 8. The van der Waals surface area contributed by atoms with Crippen molar-refractivity contribution in [1.29, 1.82) is 0 Å². The highest BCUT2D eigenvalue weighted by atomic mass is 16.6. The van der Waals surface area contributed by atoms with E-state index in [2.05, 4.69) is 22.5 Å². The number of nitrogens with one attached hydrogen (secondary N) is 2. The molecule has 148 valence electrons. The van der Waals surface area contributed by atoms with E-state index in [9.17, 15) is 14.7 Å². The molecule has 0 bridgehead atoms. The molecule has 2 aliphatic rings. The maximum Gasteiger partial charge on any atom is 0.413 e. The summed E-state index contributed by atoms with van der Waals surface area (Å²) in [6.45, 7) is 2.09. The Kier molecular flexibility index (Phi) is 8.07. The minimum atomic E-state index is -0.839. The summed E-state index contributed by atoms with van der Waals surface area (Å²) in [5.74, 6) is 0.0134. The van der Waals surface area contributed by atoms with E-state index in [1.807, 2.05) is 0 Å². The van der Waals surface area contributed by atoms with Crippen LogP contribution in [0.15, 0.2) is 4.99 Å². The first kappa shape index (κ1) is 20.4. The predicted molar refractivity (Wildman–Crippen MR) is 92.3 cm³/mol. The molecular formula is C16H28N4O6. The topological polar surface area (TPSA) is 133 Å². The van der Waals surface area contributed by atoms with Crippen LogP contribution in [0.5, 0.6) is 0 Å². The number of carbonyl (C=O) groups is 2. The van der Waals surface area contributed by atoms with Crippen LogP contribution >= 0.6 is 0 Å². The fraction of sp³-hybridized carbons (Fsp3) is 0.812. The third kappa shape index (κ3) is 5.82. The van der Waals surface area contributed by atoms with Gasteiger partial charge in [0.2, 0.25) is 5.96 Å². The molecule has 0 aliphatic carbocycles. The van der Waals surface area contributed by atoms with Crippen LogP contribution < -0.4 is 10.6 Å². The molecule has 2 rings (SSSR count). The van der Waals surface area contributed by atoms with Crippen molar-refractivity contribution >= 4 is 18.1 Å². The molecule has 10 heteroatoms. The number of unbranched alkanes of at least 4 members (excludes halogenated alkanes) is 4. The lowest BCUT2D eigenvalue weighted by atomic mass is 10.2. The van der Waals surface area contributed by atoms with E-state index in [1.165, 1.54) is 11.3 Å². The normalized spacial score (nSPS) is 25.7. The van der Waals surface area contributed by atoms with Crippen molar-refractivity contribution in [2.75, 3.05) is 19.9 Å². The van der Waals surface area contributed by atoms with Gasteiger partial charge >= 0.3 is 12.1 Å². The van der Waals surface area contributed by atoms with E-state index < -0.39 is 30.6 Å². The number of alkyl carbamates (subject to hydrolysis) is 1. The van der Waals surface area contributed by atoms with E-state index in [4.69, 9.17) is 14.6 Å². The largest absolute Gasteiger partial charge is 0.449 e. The fourth-order valence-electron chi connectivity index (χ4n) is 2.79. The molecule has 0 aromatic heterocycles. The van der Waals surface area contributed by atoms with Gasteiger partial charge in [-0.05, 0) is 6.42 Å². The molecule has 1 fully saturated rings. The molecule has 2 aliphatic heterocycles. The van der Waals surface area contributed by atoms with Gasteiger partial charge in [0.1, 0.15) is 19.0 Å². The van der Waals surface area contributed by atoms with Crippen LogP contribution in [0.2, 0.25) is 0 Å². The van der Waals surface area contributed by atoms with Crippen molar-refractivity contribution in [3.8, 4) is 0 Å². The first-order chi connectivity index (χ1) is 12.5. The van der Waals surface area contributed by atoms with Crippen LogP contribution in [0, 0.1) is 0 Å². The second-order valence-corrected chi connectivity index (χ2v) is 6.34. The van der Waals surface area contributed by atoms with Crippen LogP contribution in [0.3, 0.4) is 0 Å². The lowest BCUT2D eigenvalue weighted by molar-refractivity contribution is -0.0637. The molecule has 10 nitrogen and oxygen atoms in total. The minimum absolute atomic E-state index is 0.0134. The molecule has 3 amide bonds. The number of aliphatic hydroxyl groups excluding tert-OH is 2. The van der Waals surface area contributed by atoms with Gasteiger partial charge in [0.15, 0.2) is 0 Å². The van der Waals surface area contributed by atoms with Crippen LogP contribution in [0.25, 0.3) is 0 Å². The van der Waals surface area contributed by atoms with Gasteiger partial charge < -0.3 is 19.7 Å². The highest BCUT2D eigenvalue weighted by Gasteiger charge is 2.39. The lowest BCUT2D eigenvalue weighted by Crippen LogP contribution is -2.56. The molecule has 0 radical (unpaired) electrons. The summed E-state index contributed by atoms with van der Waals surface area (Å²) < 4.78 is 10.5. The van der Waals surface area contributed by atoms with E-state index in [0.29, 0.717) is 6.61 Å². The van der Waals surface area contributed by atoms with Crippen LogP contribution in [0.4, 0.5) is 9.59 Å². The van der Waals surface area contributed by atoms with Gasteiger partial charge in [-0.3, -0.25) is 15.5 Å². The number of nitrogens with zero attached hydrogens (tertiary/aromatic N) is 2. The fourth-order valence-corrected chi connectivity index (χ4v) is 2.79. The van der Waals surface area contributed by atoms with Crippen molar-refractivity contribution in [2.45, 2.75) is 63.9 Å². The summed E-state index contributed by atoms with van der Waals surface area (Å²) in [6, 6.07) is -0.509. The zero-order chi connectivity index (χ0) is 18.9. The average molecular weight is 372 g/mol. The molecule has 3 atom stereocenters. The van der Waals surface area contributed by atoms with E-state index in [0.717, 1.165) is 25.7 Å². The third-order valence-corrected chi connectivity index (χ3v) is 4.30. The Morgan fingerprint density at radius 2 is 2.19 bits per heavy atom. The molecular weight excluding hydrogens is 344 g/mol. The molecule has 0 aromatic carbocycles. The van der Waals surface area contributed by atoms with Crippen LogP contribution in [-0.2, 0) is 9.47 Å². The van der Waals surface area contributed by atoms with Gasteiger partial charge in [0, 0.05) is 6.42 Å². The molecule has 0 saturated carbocycles. The second-order valence-electron chi connectivity index (χ2n) is 6.34. The Bertz CT molecular complexity index is 515. The Hall–Kier alpha value is -1.91. The summed E-state index contributed by atoms with van der Waals surface area (Å²) in [7, 11) is 0. The van der Waals surface area contributed by atoms with E-state index >= 15 is 0 Å². The van der Waals surface area contributed by atoms with Crippen molar-refractivity contribution in [3.63, 3.8) is 0 Å². The quantitative estimate of drug-likeness (QED) is 0.458. The predicted octanol–water partition coefficient (Wildman–Crippen LogP) is 0.490. The standard InChI is InChI=1S/C16H28N4O6/c1-2-3-4-5-6-7-25-16(24)19-14-17-10-20(15(23)18-14)13-8-11(22)12(9-21)26-13/h11-13,21-22H,2-10H2,1H3,(H2,17,18,19,23,24)/t11-,12+,13?/m0/s1. The van der Waals surface area contributed by atoms with Crippen molar-refractivity contribution in [2.24, 2.45) is 4.99 Å². The van der Waals surface area contributed by atoms with Crippen LogP contribution in [-0.4, -0.2) is 71.5 Å². The smallest absolute Gasteiger partial charge is 0.413 e. The number of amides is 3. The highest BCUT2D eigenvalue weighted by molar-refractivity contribution is 6.03. The summed E-state index contributed by atoms with van der Waals surface area (Å²) in [4.78, 5) is 29.2. The third-order valence-electron chi connectivity index (χ3n) is 4.30. The molecule has 0 spiro atoms. The first-order valence-corrected chi connectivity index (χ1v) is 9.05. The maximum absolute atomic E-state index is 12.2. The Balaban J connectivity index is 1.71. The number of ether oxygens (including phenoxy) is 2. The number of guanidine groups is 1. The Labute approximate surface area is 152 Å². The highest BCUT2D eigenvalue weighted by Crippen LogP contribution is 2.23. The summed E-state index contributed by atoms with van der Waals surface area (Å²) in [5, 5.41) is 23.7. The molecule has 26 heavy (non-hydrogen) atoms. The van der Waals surface area contributed by atoms with Crippen LogP contribution in [0.1, 0.15) is 45.4 Å². The molecule has 1 saturated heterocycles. The van der Waals surface area contributed by atoms with Gasteiger partial charge in [-0.2, -0.15) is 0 Å². The minimum Gasteiger partial charge on any atom is -0.449 e. The van der Waals surface area contributed by atoms with Gasteiger partial charge in [-0.15, -0.1) is 0 Å². The van der Waals surface area contributed by atoms with Gasteiger partial charge in [-0.25, -0.2) is 14.6 Å². The van der Waals surface area contributed by atoms with Gasteiger partial charge in [0.05, 0.1) is 19.3 Å². The van der Waals surface area contributed by atoms with Crippen molar-refractivity contribution in [1.82, 2.24) is 15.5 Å². The second kappa shape index (κ2) is 10.3. The van der Waals surface area contributed by atoms with Crippen molar-refractivity contribution < 1.29 is 29.3 Å². The monoisotopic (exact) mass is 372 g/mol. The molecule has 2 heterocycles. The SMILES string of the molecule is CCCCCCCOC(=O)NC1=NCN(C2C[C@H](O)[C@@H](CO)O2)C(=O)N1. The first-order valence-electron chi connectivity index (χ1n) is 9.05. The van der Waals surface area contributed by atoms with E-state index in [1.54, 1.807) is 0 Å². The number of urea groups is 1. The number of aliphatic hydroxyl groups is 2. The summed E-state index contributed by atoms with van der Waals surface area (Å²) in [6.07, 6.45) is 2.55. The molecule has 0 aromatic rings. The summed E-state index contributed by atoms with van der Waals surface area (Å²) >= 11 is 0. The lowest BCUT2D eigenvalue weighted by Gasteiger charge is -2.30. The average Bonchev–Trinajstić information content (AvgIpc) is 2.98. The Morgan fingerprint density at radius 1 is 1.42 bits per heavy atom. The number of carbonyl (C=O) groups excluding carboxylic acids is 2. The summed E-state index contributed by atoms with van der Waals surface area (Å²) in [5.41, 5.74) is 0. The number of aliphatic imine (C=N–C) groups is 1. The van der Waals surface area contributed by atoms with Gasteiger partial charge in [-0.1, -0.05) is 32.6 Å². The zero-order valence-electron chi connectivity index (χ0n) is 15.0. The number of hydrogen-bond acceptors (Lipinski definition) is 7. The maximum atomic E-state index is 12.2. The molecule has 4 N–H and O–H groups in total. The van der Waals surface area contributed by atoms with Crippen molar-refractivity contribution in [3.05, 3.63) is 0 Å². The van der Waals surface area contributed by atoms with E-state index in [-0.39, 0.29) is 25.7 Å². The number of hydrogen-bond donors (Lipinski definition) is 4. The molecule has 1 unspecified atom stereocenters. The van der Waals surface area contributed by atoms with Gasteiger partial charge in [0.25, 0.3) is 0 Å².